The van der Waals surface area contributed by atoms with Gasteiger partial charge in [0.25, 0.3) is 0 Å². The van der Waals surface area contributed by atoms with Crippen LogP contribution in [0.4, 0.5) is 18.0 Å². The molecule has 2 rings (SSSR count). The Morgan fingerprint density at radius 1 is 1.30 bits per heavy atom. The molecule has 0 aromatic carbocycles. The summed E-state index contributed by atoms with van der Waals surface area (Å²) >= 11 is 0. The maximum absolute atomic E-state index is 12.0. The number of hydrogen-bond acceptors (Lipinski definition) is 4. The van der Waals surface area contributed by atoms with Gasteiger partial charge in [0.1, 0.15) is 6.10 Å². The molecule has 10 heteroatoms. The third kappa shape index (κ3) is 4.26. The first kappa shape index (κ1) is 17.4. The zero-order valence-corrected chi connectivity index (χ0v) is 12.6. The van der Waals surface area contributed by atoms with Gasteiger partial charge in [0, 0.05) is 19.1 Å². The van der Waals surface area contributed by atoms with E-state index < -0.39 is 24.5 Å². The maximum atomic E-state index is 12.0. The molecule has 23 heavy (non-hydrogen) atoms. The number of rotatable bonds is 3. The van der Waals surface area contributed by atoms with E-state index in [9.17, 15) is 27.6 Å². The molecular formula is C13H18F3N3O4. The molecule has 7 nitrogen and oxygen atoms in total. The van der Waals surface area contributed by atoms with Crippen LogP contribution < -0.4 is 5.32 Å². The van der Waals surface area contributed by atoms with Gasteiger partial charge >= 0.3 is 18.2 Å². The van der Waals surface area contributed by atoms with E-state index >= 15 is 0 Å². The average molecular weight is 337 g/mol. The quantitative estimate of drug-likeness (QED) is 0.813. The Labute approximate surface area is 130 Å². The lowest BCUT2D eigenvalue weighted by Crippen LogP contribution is -2.50. The Bertz CT molecular complexity index is 489. The third-order valence-corrected chi connectivity index (χ3v) is 3.91. The van der Waals surface area contributed by atoms with E-state index in [4.69, 9.17) is 4.74 Å². The fourth-order valence-electron chi connectivity index (χ4n) is 2.72. The van der Waals surface area contributed by atoms with Crippen molar-refractivity contribution in [3.8, 4) is 0 Å². The lowest BCUT2D eigenvalue weighted by molar-refractivity contribution is -0.174. The molecule has 0 aromatic rings. The molecule has 1 N–H and O–H groups in total. The third-order valence-electron chi connectivity index (χ3n) is 3.91. The summed E-state index contributed by atoms with van der Waals surface area (Å²) in [6.45, 7) is 2.25. The fourth-order valence-corrected chi connectivity index (χ4v) is 2.72. The van der Waals surface area contributed by atoms with Crippen molar-refractivity contribution in [2.45, 2.75) is 38.1 Å². The summed E-state index contributed by atoms with van der Waals surface area (Å²) in [7, 11) is 0. The highest BCUT2D eigenvalue weighted by atomic mass is 19.4. The predicted molar refractivity (Wildman–Crippen MR) is 71.3 cm³/mol. The van der Waals surface area contributed by atoms with E-state index in [1.54, 1.807) is 17.1 Å². The molecule has 2 fully saturated rings. The highest BCUT2D eigenvalue weighted by Crippen LogP contribution is 2.22. The largest absolute Gasteiger partial charge is 0.471 e. The van der Waals surface area contributed by atoms with Crippen LogP contribution in [0.2, 0.25) is 0 Å². The molecule has 0 saturated carbocycles. The van der Waals surface area contributed by atoms with Crippen LogP contribution in [0.5, 0.6) is 0 Å². The van der Waals surface area contributed by atoms with E-state index in [-0.39, 0.29) is 18.2 Å². The molecule has 0 bridgehead atoms. The number of amides is 3. The second kappa shape index (κ2) is 6.63. The Kier molecular flexibility index (Phi) is 5.00. The van der Waals surface area contributed by atoms with Crippen LogP contribution in [-0.2, 0) is 14.3 Å². The van der Waals surface area contributed by atoms with Crippen molar-refractivity contribution in [1.82, 2.24) is 15.1 Å². The molecule has 0 aliphatic carbocycles. The van der Waals surface area contributed by atoms with Crippen molar-refractivity contribution >= 4 is 17.9 Å². The lowest BCUT2D eigenvalue weighted by Gasteiger charge is -2.35. The molecule has 2 saturated heterocycles. The number of nitrogens with one attached hydrogen (secondary N) is 1. The summed E-state index contributed by atoms with van der Waals surface area (Å²) < 4.78 is 41.2. The summed E-state index contributed by atoms with van der Waals surface area (Å²) in [5.41, 5.74) is 0. The van der Waals surface area contributed by atoms with Crippen LogP contribution >= 0.6 is 0 Å². The summed E-state index contributed by atoms with van der Waals surface area (Å²) in [4.78, 5) is 37.1. The number of piperidine rings is 1. The molecule has 0 spiro atoms. The Balaban J connectivity index is 1.77. The molecule has 3 amide bonds. The van der Waals surface area contributed by atoms with E-state index in [0.29, 0.717) is 32.5 Å². The molecular weight excluding hydrogens is 319 g/mol. The molecule has 0 radical (unpaired) electrons. The number of hydrogen-bond donors (Lipinski definition) is 1. The Morgan fingerprint density at radius 2 is 1.91 bits per heavy atom. The van der Waals surface area contributed by atoms with E-state index in [0.717, 1.165) is 0 Å². The van der Waals surface area contributed by atoms with Gasteiger partial charge in [-0.3, -0.25) is 9.59 Å². The van der Waals surface area contributed by atoms with Crippen LogP contribution in [0.1, 0.15) is 19.8 Å². The van der Waals surface area contributed by atoms with Crippen LogP contribution in [0, 0.1) is 0 Å². The second-order valence-electron chi connectivity index (χ2n) is 5.64. The minimum absolute atomic E-state index is 0.0405. The molecule has 0 aromatic heterocycles. The van der Waals surface area contributed by atoms with Crippen LogP contribution in [-0.4, -0.2) is 72.2 Å². The summed E-state index contributed by atoms with van der Waals surface area (Å²) in [6, 6.07) is -0.0405. The smallest absolute Gasteiger partial charge is 0.444 e. The molecule has 2 aliphatic rings. The second-order valence-corrected chi connectivity index (χ2v) is 5.64. The van der Waals surface area contributed by atoms with Crippen LogP contribution in [0.15, 0.2) is 0 Å². The standard InChI is InChI=1S/C13H18F3N3O4/c1-8-7-19(12(22)23-8)9-2-4-18(5-3-9)10(20)6-17-11(21)13(14,15)16/h8-9H,2-7H2,1H3,(H,17,21). The maximum Gasteiger partial charge on any atom is 0.471 e. The summed E-state index contributed by atoms with van der Waals surface area (Å²) in [5, 5.41) is 1.56. The van der Waals surface area contributed by atoms with E-state index in [1.165, 1.54) is 4.90 Å². The number of likely N-dealkylation sites (tertiary alicyclic amines) is 1. The molecule has 130 valence electrons. The highest BCUT2D eigenvalue weighted by molar-refractivity contribution is 5.87. The van der Waals surface area contributed by atoms with E-state index in [1.807, 2.05) is 0 Å². The normalized spacial score (nSPS) is 23.0. The number of carbonyl (C=O) groups is 3. The highest BCUT2D eigenvalue weighted by Gasteiger charge is 2.39. The van der Waals surface area contributed by atoms with Gasteiger partial charge in [-0.2, -0.15) is 13.2 Å². The first-order valence-electron chi connectivity index (χ1n) is 7.28. The number of carbonyl (C=O) groups excluding carboxylic acids is 3. The predicted octanol–water partition coefficient (Wildman–Crippen LogP) is 0.497. The van der Waals surface area contributed by atoms with Crippen molar-refractivity contribution in [2.24, 2.45) is 0 Å². The number of cyclic esters (lactones) is 1. The monoisotopic (exact) mass is 337 g/mol. The number of ether oxygens (including phenoxy) is 1. The summed E-state index contributed by atoms with van der Waals surface area (Å²) in [5.74, 6) is -2.70. The average Bonchev–Trinajstić information content (AvgIpc) is 2.82. The van der Waals surface area contributed by atoms with Crippen molar-refractivity contribution in [1.29, 1.82) is 0 Å². The van der Waals surface area contributed by atoms with Crippen molar-refractivity contribution in [3.05, 3.63) is 0 Å². The zero-order chi connectivity index (χ0) is 17.2. The Morgan fingerprint density at radius 3 is 2.39 bits per heavy atom. The van der Waals surface area contributed by atoms with Crippen LogP contribution in [0.3, 0.4) is 0 Å². The zero-order valence-electron chi connectivity index (χ0n) is 12.6. The SMILES string of the molecule is CC1CN(C2CCN(C(=O)CNC(=O)C(F)(F)F)CC2)C(=O)O1. The van der Waals surface area contributed by atoms with Gasteiger partial charge in [-0.15, -0.1) is 0 Å². The number of nitrogens with zero attached hydrogens (tertiary/aromatic N) is 2. The Hall–Kier alpha value is -2.00. The van der Waals surface area contributed by atoms with Gasteiger partial charge < -0.3 is 19.9 Å². The lowest BCUT2D eigenvalue weighted by atomic mass is 10.0. The van der Waals surface area contributed by atoms with E-state index in [2.05, 4.69) is 0 Å². The van der Waals surface area contributed by atoms with Crippen molar-refractivity contribution in [3.63, 3.8) is 0 Å². The minimum Gasteiger partial charge on any atom is -0.444 e. The topological polar surface area (TPSA) is 79.0 Å². The van der Waals surface area contributed by atoms with Gasteiger partial charge in [0.05, 0.1) is 13.1 Å². The minimum atomic E-state index is -5.00. The van der Waals surface area contributed by atoms with Gasteiger partial charge in [0.15, 0.2) is 0 Å². The number of alkyl halides is 3. The molecule has 1 atom stereocenters. The molecule has 2 heterocycles. The molecule has 2 aliphatic heterocycles. The van der Waals surface area contributed by atoms with Crippen molar-refractivity contribution < 1.29 is 32.3 Å². The van der Waals surface area contributed by atoms with Crippen LogP contribution in [0.25, 0.3) is 0 Å². The number of halogens is 3. The first-order valence-corrected chi connectivity index (χ1v) is 7.28. The fraction of sp³-hybridized carbons (Fsp3) is 0.769. The summed E-state index contributed by atoms with van der Waals surface area (Å²) in [6.07, 6.45) is -4.48. The van der Waals surface area contributed by atoms with Gasteiger partial charge in [0.2, 0.25) is 5.91 Å². The molecule has 1 unspecified atom stereocenters. The van der Waals surface area contributed by atoms with Crippen molar-refractivity contribution in [2.75, 3.05) is 26.2 Å². The van der Waals surface area contributed by atoms with Gasteiger partial charge in [-0.1, -0.05) is 0 Å². The van der Waals surface area contributed by atoms with Gasteiger partial charge in [-0.25, -0.2) is 4.79 Å². The van der Waals surface area contributed by atoms with Gasteiger partial charge in [-0.05, 0) is 19.8 Å². The first-order chi connectivity index (χ1) is 10.7.